The molecule has 0 fully saturated rings. The molecule has 0 aliphatic carbocycles. The Kier molecular flexibility index (Phi) is 5.97. The van der Waals surface area contributed by atoms with Crippen molar-refractivity contribution >= 4 is 23.0 Å². The van der Waals surface area contributed by atoms with Crippen LogP contribution in [-0.4, -0.2) is 29.9 Å². The maximum atomic E-state index is 5.75. The number of benzene rings is 1. The molecule has 6 heteroatoms. The average molecular weight is 317 g/mol. The third-order valence-electron chi connectivity index (χ3n) is 2.85. The van der Waals surface area contributed by atoms with Gasteiger partial charge < -0.3 is 20.1 Å². The van der Waals surface area contributed by atoms with Gasteiger partial charge in [0.1, 0.15) is 6.61 Å². The SMILES string of the molecule is COc1ccccc1OC[C@H](C)NC(=S)Nc1cccnc1. The number of aromatic nitrogens is 1. The van der Waals surface area contributed by atoms with Crippen molar-refractivity contribution in [2.45, 2.75) is 13.0 Å². The number of methoxy groups -OCH3 is 1. The summed E-state index contributed by atoms with van der Waals surface area (Å²) < 4.78 is 11.0. The standard InChI is InChI=1S/C16H19N3O2S/c1-12(11-21-15-8-4-3-7-14(15)20-2)18-16(22)19-13-6-5-9-17-10-13/h3-10,12H,11H2,1-2H3,(H2,18,19,22)/t12-/m0/s1. The summed E-state index contributed by atoms with van der Waals surface area (Å²) in [7, 11) is 1.62. The van der Waals surface area contributed by atoms with Crippen molar-refractivity contribution in [2.24, 2.45) is 0 Å². The smallest absolute Gasteiger partial charge is 0.171 e. The molecule has 0 saturated heterocycles. The summed E-state index contributed by atoms with van der Waals surface area (Å²) in [6, 6.07) is 11.3. The van der Waals surface area contributed by atoms with E-state index in [-0.39, 0.29) is 6.04 Å². The Morgan fingerprint density at radius 3 is 2.68 bits per heavy atom. The molecular formula is C16H19N3O2S. The molecule has 0 saturated carbocycles. The molecule has 0 aliphatic heterocycles. The molecule has 0 spiro atoms. The molecule has 1 atom stereocenters. The molecule has 1 aromatic carbocycles. The van der Waals surface area contributed by atoms with E-state index in [0.717, 1.165) is 5.69 Å². The van der Waals surface area contributed by atoms with Crippen molar-refractivity contribution in [3.05, 3.63) is 48.8 Å². The Bertz CT molecular complexity index is 607. The Balaban J connectivity index is 1.80. The van der Waals surface area contributed by atoms with Gasteiger partial charge in [-0.25, -0.2) is 0 Å². The number of hydrogen-bond acceptors (Lipinski definition) is 4. The van der Waals surface area contributed by atoms with Crippen LogP contribution in [0.15, 0.2) is 48.8 Å². The Morgan fingerprint density at radius 2 is 2.00 bits per heavy atom. The number of pyridine rings is 1. The van der Waals surface area contributed by atoms with E-state index < -0.39 is 0 Å². The molecule has 0 aliphatic rings. The third-order valence-corrected chi connectivity index (χ3v) is 3.07. The predicted octanol–water partition coefficient (Wildman–Crippen LogP) is 2.84. The monoisotopic (exact) mass is 317 g/mol. The summed E-state index contributed by atoms with van der Waals surface area (Å²) in [6.45, 7) is 2.46. The van der Waals surface area contributed by atoms with Gasteiger partial charge in [-0.05, 0) is 43.4 Å². The molecule has 1 aromatic heterocycles. The molecular weight excluding hydrogens is 298 g/mol. The minimum absolute atomic E-state index is 0.0431. The first-order valence-corrected chi connectivity index (χ1v) is 7.33. The Morgan fingerprint density at radius 1 is 1.23 bits per heavy atom. The van der Waals surface area contributed by atoms with Crippen LogP contribution in [0.3, 0.4) is 0 Å². The van der Waals surface area contributed by atoms with E-state index >= 15 is 0 Å². The molecule has 0 bridgehead atoms. The average Bonchev–Trinajstić information content (AvgIpc) is 2.54. The van der Waals surface area contributed by atoms with Gasteiger partial charge in [-0.3, -0.25) is 4.98 Å². The maximum Gasteiger partial charge on any atom is 0.171 e. The van der Waals surface area contributed by atoms with Gasteiger partial charge in [0.15, 0.2) is 16.6 Å². The molecule has 0 unspecified atom stereocenters. The van der Waals surface area contributed by atoms with E-state index in [4.69, 9.17) is 21.7 Å². The lowest BCUT2D eigenvalue weighted by molar-refractivity contribution is 0.270. The van der Waals surface area contributed by atoms with Gasteiger partial charge in [-0.2, -0.15) is 0 Å². The van der Waals surface area contributed by atoms with E-state index in [2.05, 4.69) is 15.6 Å². The van der Waals surface area contributed by atoms with E-state index in [0.29, 0.717) is 23.2 Å². The summed E-state index contributed by atoms with van der Waals surface area (Å²) >= 11 is 5.26. The molecule has 0 amide bonds. The first kappa shape index (κ1) is 16.0. The third kappa shape index (κ3) is 4.89. The maximum absolute atomic E-state index is 5.75. The van der Waals surface area contributed by atoms with Crippen LogP contribution in [0.5, 0.6) is 11.5 Å². The number of thiocarbonyl (C=S) groups is 1. The van der Waals surface area contributed by atoms with E-state index in [1.165, 1.54) is 0 Å². The number of nitrogens with zero attached hydrogens (tertiary/aromatic N) is 1. The van der Waals surface area contributed by atoms with Crippen molar-refractivity contribution in [1.29, 1.82) is 0 Å². The Hall–Kier alpha value is -2.34. The topological polar surface area (TPSA) is 55.4 Å². The van der Waals surface area contributed by atoms with E-state index in [1.54, 1.807) is 19.5 Å². The summed E-state index contributed by atoms with van der Waals surface area (Å²) in [4.78, 5) is 4.02. The van der Waals surface area contributed by atoms with Crippen molar-refractivity contribution in [1.82, 2.24) is 10.3 Å². The quantitative estimate of drug-likeness (QED) is 0.799. The van der Waals surface area contributed by atoms with Crippen LogP contribution >= 0.6 is 12.2 Å². The number of anilines is 1. The largest absolute Gasteiger partial charge is 0.493 e. The fourth-order valence-electron chi connectivity index (χ4n) is 1.82. The fourth-order valence-corrected chi connectivity index (χ4v) is 2.14. The molecule has 2 aromatic rings. The van der Waals surface area contributed by atoms with Gasteiger partial charge in [-0.15, -0.1) is 0 Å². The Labute approximate surface area is 135 Å². The van der Waals surface area contributed by atoms with Crippen LogP contribution in [0.4, 0.5) is 5.69 Å². The van der Waals surface area contributed by atoms with Crippen LogP contribution in [0.2, 0.25) is 0 Å². The van der Waals surface area contributed by atoms with Gasteiger partial charge in [0.2, 0.25) is 0 Å². The number of ether oxygens (including phenoxy) is 2. The molecule has 1 heterocycles. The van der Waals surface area contributed by atoms with Crippen molar-refractivity contribution in [2.75, 3.05) is 19.0 Å². The molecule has 22 heavy (non-hydrogen) atoms. The highest BCUT2D eigenvalue weighted by Gasteiger charge is 2.08. The molecule has 2 N–H and O–H groups in total. The minimum Gasteiger partial charge on any atom is -0.493 e. The van der Waals surface area contributed by atoms with Gasteiger partial charge in [0, 0.05) is 6.20 Å². The zero-order valence-corrected chi connectivity index (χ0v) is 13.4. The molecule has 2 rings (SSSR count). The lowest BCUT2D eigenvalue weighted by Gasteiger charge is -2.18. The zero-order chi connectivity index (χ0) is 15.8. The molecule has 5 nitrogen and oxygen atoms in total. The van der Waals surface area contributed by atoms with Crippen LogP contribution in [0, 0.1) is 0 Å². The van der Waals surface area contributed by atoms with Crippen LogP contribution in [0.1, 0.15) is 6.92 Å². The van der Waals surface area contributed by atoms with Gasteiger partial charge >= 0.3 is 0 Å². The summed E-state index contributed by atoms with van der Waals surface area (Å²) in [6.07, 6.45) is 3.43. The van der Waals surface area contributed by atoms with Crippen molar-refractivity contribution in [3.63, 3.8) is 0 Å². The second-order valence-corrected chi connectivity index (χ2v) is 5.11. The summed E-state index contributed by atoms with van der Waals surface area (Å²) in [5.41, 5.74) is 0.845. The molecule has 116 valence electrons. The first-order valence-electron chi connectivity index (χ1n) is 6.92. The lowest BCUT2D eigenvalue weighted by atomic mass is 10.3. The number of nitrogens with one attached hydrogen (secondary N) is 2. The second kappa shape index (κ2) is 8.19. The highest BCUT2D eigenvalue weighted by Crippen LogP contribution is 2.25. The second-order valence-electron chi connectivity index (χ2n) is 4.70. The highest BCUT2D eigenvalue weighted by molar-refractivity contribution is 7.80. The van der Waals surface area contributed by atoms with Gasteiger partial charge in [0.25, 0.3) is 0 Å². The van der Waals surface area contributed by atoms with Crippen molar-refractivity contribution < 1.29 is 9.47 Å². The number of hydrogen-bond donors (Lipinski definition) is 2. The number of para-hydroxylation sites is 2. The summed E-state index contributed by atoms with van der Waals surface area (Å²) in [5.74, 6) is 1.43. The summed E-state index contributed by atoms with van der Waals surface area (Å²) in [5, 5.41) is 6.77. The molecule has 0 radical (unpaired) electrons. The lowest BCUT2D eigenvalue weighted by Crippen LogP contribution is -2.39. The predicted molar refractivity (Wildman–Crippen MR) is 91.5 cm³/mol. The van der Waals surface area contributed by atoms with Crippen LogP contribution < -0.4 is 20.1 Å². The van der Waals surface area contributed by atoms with Crippen LogP contribution in [0.25, 0.3) is 0 Å². The highest BCUT2D eigenvalue weighted by atomic mass is 32.1. The first-order chi connectivity index (χ1) is 10.7. The van der Waals surface area contributed by atoms with E-state index in [9.17, 15) is 0 Å². The minimum atomic E-state index is 0.0431. The van der Waals surface area contributed by atoms with Crippen molar-refractivity contribution in [3.8, 4) is 11.5 Å². The number of rotatable bonds is 6. The van der Waals surface area contributed by atoms with Gasteiger partial charge in [0.05, 0.1) is 25.0 Å². The van der Waals surface area contributed by atoms with Crippen LogP contribution in [-0.2, 0) is 0 Å². The van der Waals surface area contributed by atoms with Gasteiger partial charge in [-0.1, -0.05) is 12.1 Å². The van der Waals surface area contributed by atoms with E-state index in [1.807, 2.05) is 43.3 Å². The fraction of sp³-hybridized carbons (Fsp3) is 0.250. The zero-order valence-electron chi connectivity index (χ0n) is 12.6. The normalized spacial score (nSPS) is 11.4.